The third-order valence-electron chi connectivity index (χ3n) is 1.88. The van der Waals surface area contributed by atoms with Gasteiger partial charge in [-0.25, -0.2) is 9.97 Å². The molecule has 0 fully saturated rings. The number of rotatable bonds is 1. The normalized spacial score (nSPS) is 11.9. The van der Waals surface area contributed by atoms with Crippen molar-refractivity contribution < 1.29 is 13.2 Å². The van der Waals surface area contributed by atoms with Crippen LogP contribution in [0.1, 0.15) is 5.82 Å². The van der Waals surface area contributed by atoms with Crippen molar-refractivity contribution >= 4 is 11.0 Å². The van der Waals surface area contributed by atoms with E-state index in [4.69, 9.17) is 0 Å². The first-order valence-electron chi connectivity index (χ1n) is 4.36. The van der Waals surface area contributed by atoms with E-state index in [2.05, 4.69) is 15.0 Å². The number of nitrogens with one attached hydrogen (secondary N) is 1. The number of aromatic amines is 1. The van der Waals surface area contributed by atoms with E-state index in [-0.39, 0.29) is 11.5 Å². The van der Waals surface area contributed by atoms with Crippen molar-refractivity contribution in [2.45, 2.75) is 12.6 Å². The van der Waals surface area contributed by atoms with Gasteiger partial charge < -0.3 is 4.98 Å². The molecule has 84 valence electrons. The highest BCUT2D eigenvalue weighted by Gasteiger charge is 2.29. The molecule has 0 unspecified atom stereocenters. The van der Waals surface area contributed by atoms with E-state index in [1.54, 1.807) is 0 Å². The zero-order chi connectivity index (χ0) is 11.8. The molecule has 0 saturated heterocycles. The number of aromatic nitrogens is 3. The predicted molar refractivity (Wildman–Crippen MR) is 49.9 cm³/mol. The van der Waals surface area contributed by atoms with E-state index in [0.29, 0.717) is 5.39 Å². The summed E-state index contributed by atoms with van der Waals surface area (Å²) in [5, 5.41) is 0.491. The van der Waals surface area contributed by atoms with Gasteiger partial charge in [-0.3, -0.25) is 4.79 Å². The minimum absolute atomic E-state index is 0.113. The lowest BCUT2D eigenvalue weighted by atomic mass is 10.3. The summed E-state index contributed by atoms with van der Waals surface area (Å²) in [7, 11) is 0. The van der Waals surface area contributed by atoms with Gasteiger partial charge in [0, 0.05) is 17.6 Å². The van der Waals surface area contributed by atoms with Crippen LogP contribution < -0.4 is 5.56 Å². The number of hydrogen-bond acceptors (Lipinski definition) is 3. The number of fused-ring (bicyclic) bond motifs is 1. The van der Waals surface area contributed by atoms with Crippen LogP contribution >= 0.6 is 0 Å². The van der Waals surface area contributed by atoms with E-state index in [1.165, 1.54) is 18.3 Å². The lowest BCUT2D eigenvalue weighted by molar-refractivity contribution is -0.128. The van der Waals surface area contributed by atoms with Gasteiger partial charge >= 0.3 is 6.18 Å². The third-order valence-corrected chi connectivity index (χ3v) is 1.88. The lowest BCUT2D eigenvalue weighted by Crippen LogP contribution is -2.15. The average molecular weight is 229 g/mol. The number of nitrogens with zero attached hydrogens (tertiary/aromatic N) is 2. The second kappa shape index (κ2) is 3.58. The molecule has 2 rings (SSSR count). The topological polar surface area (TPSA) is 58.6 Å². The van der Waals surface area contributed by atoms with Gasteiger partial charge in [0.05, 0.1) is 0 Å². The minimum Gasteiger partial charge on any atom is -0.306 e. The van der Waals surface area contributed by atoms with Gasteiger partial charge in [0.1, 0.15) is 17.9 Å². The van der Waals surface area contributed by atoms with E-state index in [1.807, 2.05) is 0 Å². The Morgan fingerprint density at radius 2 is 2.06 bits per heavy atom. The molecule has 0 amide bonds. The molecule has 0 spiro atoms. The minimum atomic E-state index is -4.36. The largest absolute Gasteiger partial charge is 0.396 e. The number of hydrogen-bond donors (Lipinski definition) is 1. The standard InChI is InChI=1S/C9H6F3N3O/c10-9(11,12)3-6-13-4-5-1-2-7(16)15-8(5)14-6/h1-2,4H,3H2,(H,13,14,15,16). The lowest BCUT2D eigenvalue weighted by Gasteiger charge is -2.05. The van der Waals surface area contributed by atoms with Gasteiger partial charge in [-0.05, 0) is 6.07 Å². The van der Waals surface area contributed by atoms with Gasteiger partial charge in [-0.15, -0.1) is 0 Å². The SMILES string of the molecule is O=c1ccc2cnc(CC(F)(F)F)nc2[nH]1. The molecule has 7 heteroatoms. The second-order valence-electron chi connectivity index (χ2n) is 3.20. The van der Waals surface area contributed by atoms with Crippen LogP contribution in [-0.2, 0) is 6.42 Å². The first kappa shape index (κ1) is 10.6. The number of pyridine rings is 1. The summed E-state index contributed by atoms with van der Waals surface area (Å²) in [6.45, 7) is 0. The monoisotopic (exact) mass is 229 g/mol. The summed E-state index contributed by atoms with van der Waals surface area (Å²) in [6.07, 6.45) is -4.32. The summed E-state index contributed by atoms with van der Waals surface area (Å²) in [6, 6.07) is 2.71. The maximum atomic E-state index is 12.1. The Kier molecular flexibility index (Phi) is 2.37. The van der Waals surface area contributed by atoms with Gasteiger partial charge in [-0.1, -0.05) is 0 Å². The molecule has 0 aliphatic carbocycles. The summed E-state index contributed by atoms with van der Waals surface area (Å²) < 4.78 is 36.2. The van der Waals surface area contributed by atoms with Gasteiger partial charge in [0.2, 0.25) is 5.56 Å². The first-order chi connectivity index (χ1) is 7.44. The summed E-state index contributed by atoms with van der Waals surface area (Å²) >= 11 is 0. The van der Waals surface area contributed by atoms with E-state index >= 15 is 0 Å². The molecule has 0 aliphatic rings. The second-order valence-corrected chi connectivity index (χ2v) is 3.20. The highest BCUT2D eigenvalue weighted by molar-refractivity contribution is 5.72. The Morgan fingerprint density at radius 1 is 1.31 bits per heavy atom. The molecule has 0 bridgehead atoms. The van der Waals surface area contributed by atoms with E-state index < -0.39 is 18.2 Å². The Labute approximate surface area is 87.2 Å². The van der Waals surface area contributed by atoms with Crippen LogP contribution in [0.15, 0.2) is 23.1 Å². The van der Waals surface area contributed by atoms with Crippen molar-refractivity contribution in [2.75, 3.05) is 0 Å². The Morgan fingerprint density at radius 3 is 2.75 bits per heavy atom. The fraction of sp³-hybridized carbons (Fsp3) is 0.222. The summed E-state index contributed by atoms with van der Waals surface area (Å²) in [4.78, 5) is 20.5. The average Bonchev–Trinajstić information content (AvgIpc) is 2.14. The molecule has 2 heterocycles. The van der Waals surface area contributed by atoms with Crippen molar-refractivity contribution in [1.82, 2.24) is 15.0 Å². The van der Waals surface area contributed by atoms with E-state index in [0.717, 1.165) is 0 Å². The Bertz CT molecular complexity index is 576. The molecular weight excluding hydrogens is 223 g/mol. The van der Waals surface area contributed by atoms with Gasteiger partial charge in [0.25, 0.3) is 0 Å². The molecule has 2 aromatic rings. The molecule has 4 nitrogen and oxygen atoms in total. The number of H-pyrrole nitrogens is 1. The van der Waals surface area contributed by atoms with Crippen LogP contribution in [0.3, 0.4) is 0 Å². The quantitative estimate of drug-likeness (QED) is 0.804. The van der Waals surface area contributed by atoms with Crippen LogP contribution in [0.2, 0.25) is 0 Å². The third kappa shape index (κ3) is 2.36. The molecule has 2 aromatic heterocycles. The van der Waals surface area contributed by atoms with Gasteiger partial charge in [-0.2, -0.15) is 13.2 Å². The summed E-state index contributed by atoms with van der Waals surface area (Å²) in [5.41, 5.74) is -0.300. The molecule has 0 radical (unpaired) electrons. The molecular formula is C9H6F3N3O. The molecule has 0 aliphatic heterocycles. The van der Waals surface area contributed by atoms with Crippen LogP contribution in [0.25, 0.3) is 11.0 Å². The van der Waals surface area contributed by atoms with Crippen LogP contribution in [0.5, 0.6) is 0 Å². The maximum absolute atomic E-state index is 12.1. The Balaban J connectivity index is 2.47. The number of alkyl halides is 3. The van der Waals surface area contributed by atoms with Crippen LogP contribution in [-0.4, -0.2) is 21.1 Å². The van der Waals surface area contributed by atoms with E-state index in [9.17, 15) is 18.0 Å². The molecule has 16 heavy (non-hydrogen) atoms. The molecule has 0 saturated carbocycles. The number of halogens is 3. The van der Waals surface area contributed by atoms with Crippen molar-refractivity contribution in [3.05, 3.63) is 34.5 Å². The fourth-order valence-electron chi connectivity index (χ4n) is 1.24. The van der Waals surface area contributed by atoms with Crippen LogP contribution in [0.4, 0.5) is 13.2 Å². The highest BCUT2D eigenvalue weighted by Crippen LogP contribution is 2.19. The highest BCUT2D eigenvalue weighted by atomic mass is 19.4. The van der Waals surface area contributed by atoms with Gasteiger partial charge in [0.15, 0.2) is 0 Å². The van der Waals surface area contributed by atoms with Crippen molar-refractivity contribution in [1.29, 1.82) is 0 Å². The molecule has 0 aromatic carbocycles. The zero-order valence-corrected chi connectivity index (χ0v) is 7.88. The first-order valence-corrected chi connectivity index (χ1v) is 4.36. The fourth-order valence-corrected chi connectivity index (χ4v) is 1.24. The Hall–Kier alpha value is -1.92. The molecule has 1 N–H and O–H groups in total. The molecule has 0 atom stereocenters. The zero-order valence-electron chi connectivity index (χ0n) is 7.88. The smallest absolute Gasteiger partial charge is 0.306 e. The van der Waals surface area contributed by atoms with Crippen LogP contribution in [0, 0.1) is 0 Å². The predicted octanol–water partition coefficient (Wildman–Crippen LogP) is 1.42. The van der Waals surface area contributed by atoms with Crippen molar-refractivity contribution in [2.24, 2.45) is 0 Å². The van der Waals surface area contributed by atoms with Crippen molar-refractivity contribution in [3.63, 3.8) is 0 Å². The van der Waals surface area contributed by atoms with Crippen molar-refractivity contribution in [3.8, 4) is 0 Å². The summed E-state index contributed by atoms with van der Waals surface area (Å²) in [5.74, 6) is -0.359. The maximum Gasteiger partial charge on any atom is 0.396 e.